The molecule has 0 amide bonds. The van der Waals surface area contributed by atoms with Crippen LogP contribution < -0.4 is 5.32 Å². The van der Waals surface area contributed by atoms with Gasteiger partial charge in [0.15, 0.2) is 0 Å². The van der Waals surface area contributed by atoms with Crippen LogP contribution in [0.2, 0.25) is 0 Å². The molecule has 0 atom stereocenters. The molecule has 0 radical (unpaired) electrons. The Labute approximate surface area is 128 Å². The minimum atomic E-state index is -0.884. The zero-order valence-corrected chi connectivity index (χ0v) is 12.6. The summed E-state index contributed by atoms with van der Waals surface area (Å²) in [6.45, 7) is 1.80. The number of nitrogens with zero attached hydrogens (tertiary/aromatic N) is 1. The molecule has 110 valence electrons. The number of aryl methyl sites for hydroxylation is 1. The number of halogens is 3. The first-order chi connectivity index (χ1) is 9.90. The van der Waals surface area contributed by atoms with Crippen molar-refractivity contribution in [2.45, 2.75) is 13.5 Å². The fourth-order valence-electron chi connectivity index (χ4n) is 1.87. The lowest BCUT2D eigenvalue weighted by molar-refractivity contribution is -0.387. The fourth-order valence-corrected chi connectivity index (χ4v) is 2.33. The predicted octanol–water partition coefficient (Wildman–Crippen LogP) is 4.56. The van der Waals surface area contributed by atoms with E-state index in [1.807, 2.05) is 0 Å². The highest BCUT2D eigenvalue weighted by molar-refractivity contribution is 9.10. The van der Waals surface area contributed by atoms with Crippen molar-refractivity contribution < 1.29 is 13.7 Å². The van der Waals surface area contributed by atoms with E-state index in [1.54, 1.807) is 13.0 Å². The van der Waals surface area contributed by atoms with Crippen LogP contribution in [0.1, 0.15) is 11.1 Å². The molecule has 4 nitrogen and oxygen atoms in total. The molecule has 2 aromatic carbocycles. The molecule has 2 aromatic rings. The maximum atomic E-state index is 13.9. The van der Waals surface area contributed by atoms with Crippen molar-refractivity contribution in [3.63, 3.8) is 0 Å². The highest BCUT2D eigenvalue weighted by atomic mass is 79.9. The maximum Gasteiger partial charge on any atom is 0.305 e. The molecule has 0 aliphatic heterocycles. The third-order valence-corrected chi connectivity index (χ3v) is 3.60. The van der Waals surface area contributed by atoms with Crippen molar-refractivity contribution in [3.05, 3.63) is 67.7 Å². The van der Waals surface area contributed by atoms with Crippen molar-refractivity contribution in [1.82, 2.24) is 0 Å². The first kappa shape index (κ1) is 15.4. The number of benzene rings is 2. The highest BCUT2D eigenvalue weighted by Crippen LogP contribution is 2.25. The Bertz CT molecular complexity index is 708. The molecule has 0 aliphatic rings. The topological polar surface area (TPSA) is 55.2 Å². The molecule has 0 aliphatic carbocycles. The summed E-state index contributed by atoms with van der Waals surface area (Å²) in [4.78, 5) is 9.90. The van der Waals surface area contributed by atoms with E-state index in [9.17, 15) is 18.9 Å². The third-order valence-electron chi connectivity index (χ3n) is 2.99. The molecule has 1 N–H and O–H groups in total. The van der Waals surface area contributed by atoms with Gasteiger partial charge in [-0.3, -0.25) is 10.1 Å². The Morgan fingerprint density at radius 2 is 2.05 bits per heavy atom. The maximum absolute atomic E-state index is 13.9. The van der Waals surface area contributed by atoms with Gasteiger partial charge in [-0.15, -0.1) is 0 Å². The molecule has 21 heavy (non-hydrogen) atoms. The van der Waals surface area contributed by atoms with E-state index in [0.717, 1.165) is 11.6 Å². The molecular formula is C14H11BrF2N2O2. The van der Waals surface area contributed by atoms with Gasteiger partial charge in [0.05, 0.1) is 9.40 Å². The number of nitrogens with one attached hydrogen (secondary N) is 1. The summed E-state index contributed by atoms with van der Waals surface area (Å²) in [5.41, 5.74) is 0.843. The van der Waals surface area contributed by atoms with Crippen LogP contribution in [0.3, 0.4) is 0 Å². The summed E-state index contributed by atoms with van der Waals surface area (Å²) in [5.74, 6) is -1.33. The van der Waals surface area contributed by atoms with Gasteiger partial charge >= 0.3 is 5.69 Å². The van der Waals surface area contributed by atoms with Crippen LogP contribution in [-0.4, -0.2) is 4.92 Å². The average Bonchev–Trinajstić information content (AvgIpc) is 2.42. The molecule has 2 rings (SSSR count). The van der Waals surface area contributed by atoms with Gasteiger partial charge in [0.25, 0.3) is 0 Å². The predicted molar refractivity (Wildman–Crippen MR) is 79.2 cm³/mol. The molecule has 0 aromatic heterocycles. The second kappa shape index (κ2) is 6.17. The average molecular weight is 357 g/mol. The summed E-state index contributed by atoms with van der Waals surface area (Å²) in [6, 6.07) is 6.84. The van der Waals surface area contributed by atoms with Crippen LogP contribution in [0.4, 0.5) is 20.2 Å². The summed E-state index contributed by atoms with van der Waals surface area (Å²) in [6.07, 6.45) is 0. The molecule has 0 saturated heterocycles. The van der Waals surface area contributed by atoms with E-state index in [1.165, 1.54) is 18.2 Å². The Kier molecular flexibility index (Phi) is 4.52. The quantitative estimate of drug-likeness (QED) is 0.645. The summed E-state index contributed by atoms with van der Waals surface area (Å²) in [5, 5.41) is 13.6. The van der Waals surface area contributed by atoms with Gasteiger partial charge in [-0.1, -0.05) is 12.1 Å². The Morgan fingerprint density at radius 1 is 1.33 bits per heavy atom. The number of nitro benzene ring substituents is 1. The second-order valence-corrected chi connectivity index (χ2v) is 5.30. The van der Waals surface area contributed by atoms with E-state index in [0.29, 0.717) is 10.2 Å². The zero-order chi connectivity index (χ0) is 15.6. The van der Waals surface area contributed by atoms with Gasteiger partial charge in [-0.05, 0) is 40.5 Å². The van der Waals surface area contributed by atoms with E-state index in [2.05, 4.69) is 21.2 Å². The second-order valence-electron chi connectivity index (χ2n) is 4.44. The number of hydrogen-bond acceptors (Lipinski definition) is 3. The molecule has 0 saturated carbocycles. The fraction of sp³-hybridized carbons (Fsp3) is 0.143. The summed E-state index contributed by atoms with van der Waals surface area (Å²) in [7, 11) is 0. The molecule has 0 fully saturated rings. The molecule has 0 bridgehead atoms. The van der Waals surface area contributed by atoms with Crippen LogP contribution in [0.5, 0.6) is 0 Å². The first-order valence-electron chi connectivity index (χ1n) is 6.01. The van der Waals surface area contributed by atoms with Crippen LogP contribution in [0.25, 0.3) is 0 Å². The van der Waals surface area contributed by atoms with Gasteiger partial charge in [0.2, 0.25) is 5.82 Å². The van der Waals surface area contributed by atoms with E-state index in [-0.39, 0.29) is 12.1 Å². The van der Waals surface area contributed by atoms with E-state index < -0.39 is 22.2 Å². The van der Waals surface area contributed by atoms with Crippen molar-refractivity contribution in [3.8, 4) is 0 Å². The van der Waals surface area contributed by atoms with E-state index in [4.69, 9.17) is 0 Å². The van der Waals surface area contributed by atoms with Crippen molar-refractivity contribution in [2.24, 2.45) is 0 Å². The van der Waals surface area contributed by atoms with Crippen molar-refractivity contribution in [1.29, 1.82) is 0 Å². The minimum absolute atomic E-state index is 0.0232. The number of nitro groups is 1. The van der Waals surface area contributed by atoms with Crippen LogP contribution >= 0.6 is 15.9 Å². The normalized spacial score (nSPS) is 10.5. The lowest BCUT2D eigenvalue weighted by Gasteiger charge is -2.11. The lowest BCUT2D eigenvalue weighted by atomic mass is 10.1. The summed E-state index contributed by atoms with van der Waals surface area (Å²) >= 11 is 3.08. The molecule has 0 spiro atoms. The van der Waals surface area contributed by atoms with Crippen molar-refractivity contribution in [2.75, 3.05) is 5.32 Å². The minimum Gasteiger partial charge on any atom is -0.381 e. The number of hydrogen-bond donors (Lipinski definition) is 1. The molecule has 0 heterocycles. The Balaban J connectivity index is 2.23. The highest BCUT2D eigenvalue weighted by Gasteiger charge is 2.17. The number of anilines is 1. The lowest BCUT2D eigenvalue weighted by Crippen LogP contribution is -2.05. The Hall–Kier alpha value is -2.02. The van der Waals surface area contributed by atoms with Gasteiger partial charge in [0, 0.05) is 23.9 Å². The molecule has 7 heteroatoms. The van der Waals surface area contributed by atoms with Gasteiger partial charge in [-0.25, -0.2) is 4.39 Å². The zero-order valence-electron chi connectivity index (χ0n) is 11.0. The molecular weight excluding hydrogens is 346 g/mol. The van der Waals surface area contributed by atoms with Crippen molar-refractivity contribution >= 4 is 27.3 Å². The largest absolute Gasteiger partial charge is 0.381 e. The Morgan fingerprint density at radius 3 is 2.71 bits per heavy atom. The van der Waals surface area contributed by atoms with Crippen LogP contribution in [0, 0.1) is 28.7 Å². The van der Waals surface area contributed by atoms with Gasteiger partial charge in [0.1, 0.15) is 5.82 Å². The number of rotatable bonds is 4. The monoisotopic (exact) mass is 356 g/mol. The van der Waals surface area contributed by atoms with Gasteiger partial charge in [-0.2, -0.15) is 4.39 Å². The standard InChI is InChI=1S/C14H11BrF2N2O2/c1-8-5-10(15)11(16)6-12(8)18-7-9-3-2-4-13(14(9)17)19(20)21/h2-6,18H,7H2,1H3. The molecule has 0 unspecified atom stereocenters. The van der Waals surface area contributed by atoms with Crippen LogP contribution in [-0.2, 0) is 6.54 Å². The van der Waals surface area contributed by atoms with Gasteiger partial charge < -0.3 is 5.32 Å². The third kappa shape index (κ3) is 3.36. The smallest absolute Gasteiger partial charge is 0.305 e. The summed E-state index contributed by atoms with van der Waals surface area (Å²) < 4.78 is 27.7. The van der Waals surface area contributed by atoms with E-state index >= 15 is 0 Å². The SMILES string of the molecule is Cc1cc(Br)c(F)cc1NCc1cccc([N+](=O)[O-])c1F. The first-order valence-corrected chi connectivity index (χ1v) is 6.80. The van der Waals surface area contributed by atoms with Crippen LogP contribution in [0.15, 0.2) is 34.8 Å².